The second-order valence-electron chi connectivity index (χ2n) is 8.37. The third-order valence-electron chi connectivity index (χ3n) is 5.25. The molecule has 2 amide bonds. The number of nitrogens with zero attached hydrogens (tertiary/aromatic N) is 1. The Morgan fingerprint density at radius 1 is 1.21 bits per heavy atom. The smallest absolute Gasteiger partial charge is 0.375 e. The standard InChI is InChI=1S/C23H32BN3O6/c1-15(2)12-20-22(29)26-18(23(30)31-3)6-4-5-11-32-17-9-7-16(8-10-17)13-19(21(28)27-20)25-14-33-24/h7-10,14-15,18-20H,4-6,11-13H2,1-3H3,(H,26,29)(H,27,28)/t18-,19-,20-/m0/s1. The number of esters is 1. The molecule has 0 spiro atoms. The number of hydrogen-bond acceptors (Lipinski definition) is 7. The Balaban J connectivity index is 2.33. The van der Waals surface area contributed by atoms with Crippen molar-refractivity contribution in [2.45, 2.75) is 64.1 Å². The predicted molar refractivity (Wildman–Crippen MR) is 124 cm³/mol. The maximum Gasteiger partial charge on any atom is 0.375 e. The van der Waals surface area contributed by atoms with Crippen molar-refractivity contribution < 1.29 is 28.5 Å². The zero-order valence-corrected chi connectivity index (χ0v) is 19.4. The fourth-order valence-electron chi connectivity index (χ4n) is 3.54. The lowest BCUT2D eigenvalue weighted by molar-refractivity contribution is -0.145. The minimum atomic E-state index is -0.866. The van der Waals surface area contributed by atoms with Crippen LogP contribution in [0.25, 0.3) is 0 Å². The van der Waals surface area contributed by atoms with Gasteiger partial charge in [0, 0.05) is 6.42 Å². The van der Waals surface area contributed by atoms with Crippen molar-refractivity contribution in [3.8, 4) is 5.75 Å². The highest BCUT2D eigenvalue weighted by Gasteiger charge is 2.29. The molecule has 1 aromatic carbocycles. The van der Waals surface area contributed by atoms with Crippen LogP contribution in [0, 0.1) is 5.92 Å². The maximum atomic E-state index is 13.1. The average Bonchev–Trinajstić information content (AvgIpc) is 2.79. The summed E-state index contributed by atoms with van der Waals surface area (Å²) in [6.45, 7) is 4.36. The summed E-state index contributed by atoms with van der Waals surface area (Å²) in [5.41, 5.74) is 0.858. The van der Waals surface area contributed by atoms with Crippen LogP contribution in [0.15, 0.2) is 29.3 Å². The van der Waals surface area contributed by atoms with Gasteiger partial charge in [-0.3, -0.25) is 9.59 Å². The Morgan fingerprint density at radius 2 is 1.94 bits per heavy atom. The van der Waals surface area contributed by atoms with Gasteiger partial charge >= 0.3 is 14.0 Å². The molecule has 9 nitrogen and oxygen atoms in total. The van der Waals surface area contributed by atoms with E-state index in [-0.39, 0.29) is 12.3 Å². The number of hydrogen-bond donors (Lipinski definition) is 2. The van der Waals surface area contributed by atoms with Crippen LogP contribution in [0.1, 0.15) is 45.1 Å². The highest BCUT2D eigenvalue weighted by atomic mass is 16.5. The molecule has 2 N–H and O–H groups in total. The molecule has 178 valence electrons. The second kappa shape index (κ2) is 13.5. The number of ether oxygens (including phenoxy) is 2. The van der Waals surface area contributed by atoms with Gasteiger partial charge in [-0.25, -0.2) is 9.79 Å². The zero-order valence-electron chi connectivity index (χ0n) is 19.4. The summed E-state index contributed by atoms with van der Waals surface area (Å²) in [7, 11) is 6.33. The lowest BCUT2D eigenvalue weighted by Gasteiger charge is -2.24. The molecule has 0 aliphatic carbocycles. The first-order valence-corrected chi connectivity index (χ1v) is 11.1. The molecule has 0 unspecified atom stereocenters. The Morgan fingerprint density at radius 3 is 2.58 bits per heavy atom. The average molecular weight is 457 g/mol. The Kier molecular flexibility index (Phi) is 10.7. The van der Waals surface area contributed by atoms with Crippen LogP contribution in [-0.4, -0.2) is 64.1 Å². The van der Waals surface area contributed by atoms with Crippen LogP contribution in [0.3, 0.4) is 0 Å². The minimum absolute atomic E-state index is 0.116. The van der Waals surface area contributed by atoms with E-state index in [4.69, 9.17) is 17.5 Å². The van der Waals surface area contributed by atoms with Crippen molar-refractivity contribution in [1.82, 2.24) is 10.6 Å². The van der Waals surface area contributed by atoms with Gasteiger partial charge in [0.05, 0.1) is 13.7 Å². The molecular formula is C23H32BN3O6. The van der Waals surface area contributed by atoms with Crippen molar-refractivity contribution in [1.29, 1.82) is 0 Å². The molecule has 0 fully saturated rings. The van der Waals surface area contributed by atoms with Crippen LogP contribution in [0.5, 0.6) is 5.75 Å². The predicted octanol–water partition coefficient (Wildman–Crippen LogP) is 1.48. The topological polar surface area (TPSA) is 115 Å². The Labute approximate surface area is 196 Å². The molecule has 0 saturated heterocycles. The van der Waals surface area contributed by atoms with Gasteiger partial charge in [-0.15, -0.1) is 0 Å². The van der Waals surface area contributed by atoms with E-state index in [1.807, 2.05) is 38.1 Å². The summed E-state index contributed by atoms with van der Waals surface area (Å²) in [4.78, 5) is 42.5. The van der Waals surface area contributed by atoms with Gasteiger partial charge in [-0.05, 0) is 49.3 Å². The molecule has 1 aromatic rings. The lowest BCUT2D eigenvalue weighted by Crippen LogP contribution is -2.53. The first-order chi connectivity index (χ1) is 15.8. The van der Waals surface area contributed by atoms with Crippen molar-refractivity contribution in [3.63, 3.8) is 0 Å². The van der Waals surface area contributed by atoms with E-state index in [1.54, 1.807) is 0 Å². The number of rotatable bonds is 5. The van der Waals surface area contributed by atoms with Crippen LogP contribution in [0.2, 0.25) is 0 Å². The molecule has 2 aliphatic heterocycles. The van der Waals surface area contributed by atoms with Gasteiger partial charge in [0.15, 0.2) is 6.40 Å². The number of carbonyl (C=O) groups is 3. The van der Waals surface area contributed by atoms with Crippen molar-refractivity contribution in [2.24, 2.45) is 10.9 Å². The fraction of sp³-hybridized carbons (Fsp3) is 0.565. The normalized spacial score (nSPS) is 22.8. The number of nitrogens with one attached hydrogen (secondary N) is 2. The first-order valence-electron chi connectivity index (χ1n) is 11.1. The van der Waals surface area contributed by atoms with Crippen LogP contribution in [-0.2, 0) is 30.2 Å². The quantitative estimate of drug-likeness (QED) is 0.300. The summed E-state index contributed by atoms with van der Waals surface area (Å²) in [5.74, 6) is -0.619. The number of aliphatic imine (C=N–C) groups is 1. The second-order valence-corrected chi connectivity index (χ2v) is 8.37. The molecule has 33 heavy (non-hydrogen) atoms. The largest absolute Gasteiger partial charge is 0.560 e. The molecule has 2 bridgehead atoms. The van der Waals surface area contributed by atoms with E-state index in [0.717, 1.165) is 12.0 Å². The van der Waals surface area contributed by atoms with Crippen molar-refractivity contribution in [3.05, 3.63) is 29.8 Å². The molecule has 2 aliphatic rings. The molecule has 2 radical (unpaired) electrons. The number of amides is 2. The molecule has 10 heteroatoms. The van der Waals surface area contributed by atoms with Gasteiger partial charge < -0.3 is 24.8 Å². The van der Waals surface area contributed by atoms with Crippen LogP contribution < -0.4 is 15.4 Å². The van der Waals surface area contributed by atoms with Crippen LogP contribution >= 0.6 is 0 Å². The summed E-state index contributed by atoms with van der Waals surface area (Å²) < 4.78 is 15.0. The van der Waals surface area contributed by atoms with E-state index >= 15 is 0 Å². The van der Waals surface area contributed by atoms with Crippen LogP contribution in [0.4, 0.5) is 0 Å². The third kappa shape index (κ3) is 8.78. The van der Waals surface area contributed by atoms with Gasteiger partial charge in [0.2, 0.25) is 11.8 Å². The summed E-state index contributed by atoms with van der Waals surface area (Å²) >= 11 is 0. The Hall–Kier alpha value is -3.04. The van der Waals surface area contributed by atoms with E-state index in [0.29, 0.717) is 38.0 Å². The number of methoxy groups -OCH3 is 1. The summed E-state index contributed by atoms with van der Waals surface area (Å²) in [6.07, 6.45) is 3.39. The highest BCUT2D eigenvalue weighted by Crippen LogP contribution is 2.16. The number of carbonyl (C=O) groups excluding carboxylic acids is 3. The molecule has 0 saturated carbocycles. The van der Waals surface area contributed by atoms with Gasteiger partial charge in [-0.2, -0.15) is 0 Å². The van der Waals surface area contributed by atoms with Gasteiger partial charge in [-0.1, -0.05) is 26.0 Å². The third-order valence-corrected chi connectivity index (χ3v) is 5.25. The van der Waals surface area contributed by atoms with Gasteiger partial charge in [0.25, 0.3) is 0 Å². The van der Waals surface area contributed by atoms with E-state index in [9.17, 15) is 14.4 Å². The first kappa shape index (κ1) is 26.2. The van der Waals surface area contributed by atoms with E-state index in [2.05, 4.69) is 20.3 Å². The molecule has 3 atom stereocenters. The zero-order chi connectivity index (χ0) is 24.2. The molecular weight excluding hydrogens is 425 g/mol. The Bertz CT molecular complexity index is 815. The highest BCUT2D eigenvalue weighted by molar-refractivity contribution is 6.02. The van der Waals surface area contributed by atoms with E-state index < -0.39 is 35.9 Å². The molecule has 0 aromatic heterocycles. The van der Waals surface area contributed by atoms with Gasteiger partial charge in [0.1, 0.15) is 23.9 Å². The lowest BCUT2D eigenvalue weighted by atomic mass is 10.0. The molecule has 3 rings (SSSR count). The van der Waals surface area contributed by atoms with Crippen molar-refractivity contribution >= 4 is 32.2 Å². The summed E-state index contributed by atoms with van der Waals surface area (Å²) in [5, 5.41) is 5.52. The monoisotopic (exact) mass is 457 g/mol. The van der Waals surface area contributed by atoms with Crippen molar-refractivity contribution in [2.75, 3.05) is 13.7 Å². The van der Waals surface area contributed by atoms with E-state index in [1.165, 1.54) is 7.11 Å². The summed E-state index contributed by atoms with van der Waals surface area (Å²) in [6, 6.07) is 4.85. The number of benzene rings is 1. The minimum Gasteiger partial charge on any atom is -0.560 e. The fourth-order valence-corrected chi connectivity index (χ4v) is 3.54. The molecule has 2 heterocycles. The maximum absolute atomic E-state index is 13.1. The SMILES string of the molecule is [B]OC=N[C@H]1Cc2ccc(cc2)OCCCC[C@@H](C(=O)OC)NC(=O)[C@H](CC(C)C)NC1=O. The number of fused-ring (bicyclic) bond motifs is 14.